The van der Waals surface area contributed by atoms with Gasteiger partial charge in [0.25, 0.3) is 0 Å². The number of unbranched alkanes of at least 4 members (excludes halogenated alkanes) is 1. The molecule has 18 heavy (non-hydrogen) atoms. The zero-order valence-corrected chi connectivity index (χ0v) is 12.3. The van der Waals surface area contributed by atoms with Gasteiger partial charge in [-0.25, -0.2) is 0 Å². The predicted octanol–water partition coefficient (Wildman–Crippen LogP) is 1.52. The van der Waals surface area contributed by atoms with E-state index in [1.807, 2.05) is 13.8 Å². The van der Waals surface area contributed by atoms with Crippen LogP contribution in [0, 0.1) is 5.92 Å². The van der Waals surface area contributed by atoms with E-state index in [2.05, 4.69) is 22.9 Å². The Labute approximate surface area is 112 Å². The fraction of sp³-hybridized carbons (Fsp3) is 0.929. The summed E-state index contributed by atoms with van der Waals surface area (Å²) in [5, 5.41) is 9.72. The van der Waals surface area contributed by atoms with Gasteiger partial charge < -0.3 is 16.0 Å². The number of nitrogens with one attached hydrogen (secondary N) is 3. The van der Waals surface area contributed by atoms with Crippen LogP contribution in [-0.4, -0.2) is 38.6 Å². The minimum absolute atomic E-state index is 0.0900. The molecule has 3 N–H and O–H groups in total. The maximum absolute atomic E-state index is 11.3. The van der Waals surface area contributed by atoms with Gasteiger partial charge in [-0.2, -0.15) is 0 Å². The van der Waals surface area contributed by atoms with Crippen LogP contribution in [0.5, 0.6) is 0 Å². The Balaban J connectivity index is 3.05. The van der Waals surface area contributed by atoms with Gasteiger partial charge in [-0.05, 0) is 45.4 Å². The quantitative estimate of drug-likeness (QED) is 0.465. The summed E-state index contributed by atoms with van der Waals surface area (Å²) in [6.45, 7) is 11.1. The molecule has 0 radical (unpaired) electrons. The smallest absolute Gasteiger partial charge is 0.222 e. The molecular formula is C14H31N3O. The van der Waals surface area contributed by atoms with E-state index in [0.717, 1.165) is 39.1 Å². The number of rotatable bonds is 12. The second kappa shape index (κ2) is 12.8. The van der Waals surface area contributed by atoms with E-state index in [9.17, 15) is 4.79 Å². The van der Waals surface area contributed by atoms with E-state index in [0.29, 0.717) is 0 Å². The highest BCUT2D eigenvalue weighted by molar-refractivity contribution is 5.77. The molecule has 0 heterocycles. The van der Waals surface area contributed by atoms with Crippen LogP contribution in [0.2, 0.25) is 0 Å². The van der Waals surface area contributed by atoms with Gasteiger partial charge in [0.2, 0.25) is 5.91 Å². The number of hydrogen-bond donors (Lipinski definition) is 3. The lowest BCUT2D eigenvalue weighted by Crippen LogP contribution is -2.31. The van der Waals surface area contributed by atoms with Crippen molar-refractivity contribution in [3.05, 3.63) is 0 Å². The minimum atomic E-state index is 0.0900. The van der Waals surface area contributed by atoms with Crippen LogP contribution in [-0.2, 0) is 4.79 Å². The third-order valence-corrected chi connectivity index (χ3v) is 2.77. The first-order valence-corrected chi connectivity index (χ1v) is 7.37. The first-order chi connectivity index (χ1) is 8.68. The van der Waals surface area contributed by atoms with Crippen molar-refractivity contribution in [1.82, 2.24) is 16.0 Å². The maximum atomic E-state index is 11.3. The average Bonchev–Trinajstić information content (AvgIpc) is 2.35. The fourth-order valence-corrected chi connectivity index (χ4v) is 1.52. The predicted molar refractivity (Wildman–Crippen MR) is 77.7 cm³/mol. The standard InChI is InChI=1S/C14H31N3O/c1-4-5-8-15-9-6-10-16-11-7-12-17-14(18)13(2)3/h13,15-16H,4-12H2,1-3H3,(H,17,18). The fourth-order valence-electron chi connectivity index (χ4n) is 1.52. The van der Waals surface area contributed by atoms with Crippen molar-refractivity contribution in [1.29, 1.82) is 0 Å². The van der Waals surface area contributed by atoms with Crippen LogP contribution in [0.15, 0.2) is 0 Å². The second-order valence-electron chi connectivity index (χ2n) is 5.01. The molecule has 0 bridgehead atoms. The number of carbonyl (C=O) groups excluding carboxylic acids is 1. The molecule has 4 nitrogen and oxygen atoms in total. The molecular weight excluding hydrogens is 226 g/mol. The van der Waals surface area contributed by atoms with E-state index in [1.165, 1.54) is 19.3 Å². The highest BCUT2D eigenvalue weighted by Gasteiger charge is 2.04. The van der Waals surface area contributed by atoms with E-state index < -0.39 is 0 Å². The molecule has 0 aromatic rings. The Kier molecular flexibility index (Phi) is 12.4. The Morgan fingerprint density at radius 2 is 1.39 bits per heavy atom. The highest BCUT2D eigenvalue weighted by atomic mass is 16.1. The summed E-state index contributed by atoms with van der Waals surface area (Å²) < 4.78 is 0. The summed E-state index contributed by atoms with van der Waals surface area (Å²) in [6, 6.07) is 0. The summed E-state index contributed by atoms with van der Waals surface area (Å²) in [7, 11) is 0. The zero-order valence-electron chi connectivity index (χ0n) is 12.3. The van der Waals surface area contributed by atoms with Crippen molar-refractivity contribution in [2.24, 2.45) is 5.92 Å². The molecule has 0 saturated heterocycles. The van der Waals surface area contributed by atoms with Gasteiger partial charge in [0.05, 0.1) is 0 Å². The molecule has 0 spiro atoms. The summed E-state index contributed by atoms with van der Waals surface area (Å²) in [5.41, 5.74) is 0. The highest BCUT2D eigenvalue weighted by Crippen LogP contribution is 1.90. The third-order valence-electron chi connectivity index (χ3n) is 2.77. The molecule has 0 aromatic carbocycles. The molecule has 0 aliphatic carbocycles. The third kappa shape index (κ3) is 11.9. The Morgan fingerprint density at radius 3 is 1.89 bits per heavy atom. The molecule has 0 rings (SSSR count). The largest absolute Gasteiger partial charge is 0.356 e. The molecule has 0 fully saturated rings. The Morgan fingerprint density at radius 1 is 0.889 bits per heavy atom. The van der Waals surface area contributed by atoms with E-state index in [4.69, 9.17) is 0 Å². The number of hydrogen-bond acceptors (Lipinski definition) is 3. The van der Waals surface area contributed by atoms with Crippen molar-refractivity contribution in [3.8, 4) is 0 Å². The molecule has 0 aliphatic rings. The summed E-state index contributed by atoms with van der Waals surface area (Å²) >= 11 is 0. The van der Waals surface area contributed by atoms with Gasteiger partial charge in [0.15, 0.2) is 0 Å². The molecule has 0 atom stereocenters. The Hall–Kier alpha value is -0.610. The molecule has 0 saturated carbocycles. The van der Waals surface area contributed by atoms with E-state index in [1.54, 1.807) is 0 Å². The van der Waals surface area contributed by atoms with Gasteiger partial charge in [-0.15, -0.1) is 0 Å². The molecule has 0 unspecified atom stereocenters. The van der Waals surface area contributed by atoms with E-state index >= 15 is 0 Å². The van der Waals surface area contributed by atoms with Gasteiger partial charge in [-0.1, -0.05) is 27.2 Å². The molecule has 1 amide bonds. The van der Waals surface area contributed by atoms with Crippen molar-refractivity contribution in [3.63, 3.8) is 0 Å². The lowest BCUT2D eigenvalue weighted by molar-refractivity contribution is -0.123. The van der Waals surface area contributed by atoms with Gasteiger partial charge >= 0.3 is 0 Å². The Bertz CT molecular complexity index is 195. The van der Waals surface area contributed by atoms with Crippen LogP contribution in [0.3, 0.4) is 0 Å². The van der Waals surface area contributed by atoms with Gasteiger partial charge in [0, 0.05) is 12.5 Å². The average molecular weight is 257 g/mol. The minimum Gasteiger partial charge on any atom is -0.356 e. The SMILES string of the molecule is CCCCNCCCNCCCNC(=O)C(C)C. The molecule has 108 valence electrons. The van der Waals surface area contributed by atoms with Crippen LogP contribution in [0.25, 0.3) is 0 Å². The van der Waals surface area contributed by atoms with Crippen LogP contribution < -0.4 is 16.0 Å². The normalized spacial score (nSPS) is 10.9. The molecule has 0 aromatic heterocycles. The van der Waals surface area contributed by atoms with Crippen molar-refractivity contribution >= 4 is 5.91 Å². The van der Waals surface area contributed by atoms with Gasteiger partial charge in [0.1, 0.15) is 0 Å². The molecule has 0 aliphatic heterocycles. The topological polar surface area (TPSA) is 53.2 Å². The number of carbonyl (C=O) groups is 1. The lowest BCUT2D eigenvalue weighted by atomic mass is 10.2. The number of amides is 1. The van der Waals surface area contributed by atoms with E-state index in [-0.39, 0.29) is 11.8 Å². The van der Waals surface area contributed by atoms with Crippen LogP contribution in [0.1, 0.15) is 46.5 Å². The van der Waals surface area contributed by atoms with Gasteiger partial charge in [-0.3, -0.25) is 4.79 Å². The van der Waals surface area contributed by atoms with Crippen LogP contribution in [0.4, 0.5) is 0 Å². The van der Waals surface area contributed by atoms with Crippen molar-refractivity contribution in [2.75, 3.05) is 32.7 Å². The maximum Gasteiger partial charge on any atom is 0.222 e. The molecule has 4 heteroatoms. The van der Waals surface area contributed by atoms with Crippen LogP contribution >= 0.6 is 0 Å². The second-order valence-corrected chi connectivity index (χ2v) is 5.01. The zero-order chi connectivity index (χ0) is 13.6. The summed E-state index contributed by atoms with van der Waals surface area (Å²) in [6.07, 6.45) is 4.69. The lowest BCUT2D eigenvalue weighted by Gasteiger charge is -2.08. The van der Waals surface area contributed by atoms with Crippen molar-refractivity contribution in [2.45, 2.75) is 46.5 Å². The first kappa shape index (κ1) is 17.4. The summed E-state index contributed by atoms with van der Waals surface area (Å²) in [5.74, 6) is 0.238. The van der Waals surface area contributed by atoms with Crippen molar-refractivity contribution < 1.29 is 4.79 Å². The first-order valence-electron chi connectivity index (χ1n) is 7.37. The monoisotopic (exact) mass is 257 g/mol. The summed E-state index contributed by atoms with van der Waals surface area (Å²) in [4.78, 5) is 11.3.